The number of hydrogen-bond acceptors (Lipinski definition) is 6. The largest absolute Gasteiger partial charge is 0.466 e. The molecule has 1 aromatic heterocycles. The highest BCUT2D eigenvalue weighted by molar-refractivity contribution is 6.35. The summed E-state index contributed by atoms with van der Waals surface area (Å²) in [6.07, 6.45) is 1.33. The van der Waals surface area contributed by atoms with Crippen LogP contribution in [0.1, 0.15) is 40.6 Å². The summed E-state index contributed by atoms with van der Waals surface area (Å²) in [6.45, 7) is 2.81. The molecule has 37 heavy (non-hydrogen) atoms. The lowest BCUT2D eigenvalue weighted by Crippen LogP contribution is -2.49. The van der Waals surface area contributed by atoms with Crippen LogP contribution >= 0.6 is 34.8 Å². The van der Waals surface area contributed by atoms with Crippen LogP contribution in [0.2, 0.25) is 15.1 Å². The number of piperidine rings is 1. The average molecular weight is 565 g/mol. The van der Waals surface area contributed by atoms with Crippen molar-refractivity contribution in [3.63, 3.8) is 0 Å². The number of nitrogens with two attached hydrogens (primary N) is 1. The Morgan fingerprint density at radius 2 is 1.81 bits per heavy atom. The van der Waals surface area contributed by atoms with Crippen molar-refractivity contribution in [3.05, 3.63) is 68.8 Å². The van der Waals surface area contributed by atoms with Crippen molar-refractivity contribution in [3.8, 4) is 16.9 Å². The molecule has 1 saturated heterocycles. The molecule has 0 spiro atoms. The predicted octanol–water partition coefficient (Wildman–Crippen LogP) is 4.52. The van der Waals surface area contributed by atoms with Crippen LogP contribution in [0.3, 0.4) is 0 Å². The predicted molar refractivity (Wildman–Crippen MR) is 141 cm³/mol. The zero-order valence-corrected chi connectivity index (χ0v) is 22.1. The second kappa shape index (κ2) is 11.5. The standard InChI is InChI=1S/C25H24Cl3N5O4/c1-2-37-25(36)15-4-3-11-32(13-15)31-24(35)21-20(23(29)34)22(14-5-7-16(26)8-6-14)33(30-21)19-10-9-17(27)12-18(19)28/h5-10,12,15H,2-4,11,13H2,1H3,(H2,29,34)(H,31,35). The number of esters is 1. The molecule has 12 heteroatoms. The fraction of sp³-hybridized carbons (Fsp3) is 0.280. The van der Waals surface area contributed by atoms with Gasteiger partial charge in [0, 0.05) is 28.7 Å². The van der Waals surface area contributed by atoms with Crippen LogP contribution in [0.4, 0.5) is 0 Å². The van der Waals surface area contributed by atoms with Gasteiger partial charge in [0.2, 0.25) is 0 Å². The van der Waals surface area contributed by atoms with E-state index in [1.54, 1.807) is 48.3 Å². The van der Waals surface area contributed by atoms with E-state index in [0.29, 0.717) is 40.7 Å². The molecule has 1 aliphatic heterocycles. The minimum Gasteiger partial charge on any atom is -0.466 e. The van der Waals surface area contributed by atoms with Gasteiger partial charge < -0.3 is 10.5 Å². The Balaban J connectivity index is 1.77. The summed E-state index contributed by atoms with van der Waals surface area (Å²) in [5.41, 5.74) is 9.44. The first-order valence-corrected chi connectivity index (χ1v) is 12.7. The van der Waals surface area contributed by atoms with E-state index in [0.717, 1.165) is 0 Å². The maximum Gasteiger partial charge on any atom is 0.310 e. The molecule has 0 radical (unpaired) electrons. The molecule has 2 heterocycles. The van der Waals surface area contributed by atoms with Gasteiger partial charge in [-0.15, -0.1) is 0 Å². The van der Waals surface area contributed by atoms with Crippen molar-refractivity contribution in [2.24, 2.45) is 11.7 Å². The second-order valence-corrected chi connectivity index (χ2v) is 9.71. The first-order valence-electron chi connectivity index (χ1n) is 11.6. The molecule has 3 aromatic rings. The van der Waals surface area contributed by atoms with Gasteiger partial charge in [0.1, 0.15) is 0 Å². The number of hydrazine groups is 1. The lowest BCUT2D eigenvalue weighted by atomic mass is 9.99. The number of halogens is 3. The average Bonchev–Trinajstić information content (AvgIpc) is 3.26. The van der Waals surface area contributed by atoms with Crippen molar-refractivity contribution in [1.29, 1.82) is 0 Å². The van der Waals surface area contributed by atoms with E-state index in [-0.39, 0.29) is 47.0 Å². The Morgan fingerprint density at radius 3 is 2.46 bits per heavy atom. The minimum atomic E-state index is -0.852. The quantitative estimate of drug-likeness (QED) is 0.407. The van der Waals surface area contributed by atoms with Crippen molar-refractivity contribution in [2.75, 3.05) is 19.7 Å². The Morgan fingerprint density at radius 1 is 1.11 bits per heavy atom. The lowest BCUT2D eigenvalue weighted by molar-refractivity contribution is -0.150. The number of primary amides is 1. The van der Waals surface area contributed by atoms with Crippen LogP contribution in [0.25, 0.3) is 16.9 Å². The summed E-state index contributed by atoms with van der Waals surface area (Å²) >= 11 is 18.6. The number of carbonyl (C=O) groups is 3. The number of rotatable bonds is 7. The lowest BCUT2D eigenvalue weighted by Gasteiger charge is -2.31. The molecule has 0 bridgehead atoms. The number of hydrogen-bond donors (Lipinski definition) is 2. The number of aromatic nitrogens is 2. The molecule has 0 aliphatic carbocycles. The summed E-state index contributed by atoms with van der Waals surface area (Å²) in [6, 6.07) is 11.4. The third kappa shape index (κ3) is 5.91. The highest BCUT2D eigenvalue weighted by atomic mass is 35.5. The first kappa shape index (κ1) is 26.9. The Kier molecular flexibility index (Phi) is 8.39. The maximum atomic E-state index is 13.4. The van der Waals surface area contributed by atoms with Gasteiger partial charge >= 0.3 is 5.97 Å². The van der Waals surface area contributed by atoms with E-state index >= 15 is 0 Å². The molecular formula is C25H24Cl3N5O4. The van der Waals surface area contributed by atoms with E-state index in [1.807, 2.05) is 0 Å². The molecule has 9 nitrogen and oxygen atoms in total. The number of amides is 2. The fourth-order valence-corrected chi connectivity index (χ4v) is 4.85. The van der Waals surface area contributed by atoms with Crippen LogP contribution in [-0.4, -0.2) is 52.3 Å². The van der Waals surface area contributed by atoms with E-state index in [4.69, 9.17) is 45.3 Å². The Hall–Kier alpha value is -3.11. The molecule has 1 atom stereocenters. The van der Waals surface area contributed by atoms with E-state index in [1.165, 1.54) is 10.7 Å². The molecule has 2 aromatic carbocycles. The van der Waals surface area contributed by atoms with Gasteiger partial charge in [0.05, 0.1) is 34.5 Å². The van der Waals surface area contributed by atoms with E-state index in [9.17, 15) is 14.4 Å². The molecule has 1 aliphatic rings. The number of benzene rings is 2. The summed E-state index contributed by atoms with van der Waals surface area (Å²) in [5, 5.41) is 7.23. The van der Waals surface area contributed by atoms with Gasteiger partial charge in [-0.1, -0.05) is 46.9 Å². The van der Waals surface area contributed by atoms with Gasteiger partial charge in [-0.05, 0) is 50.1 Å². The highest BCUT2D eigenvalue weighted by Crippen LogP contribution is 2.33. The molecular weight excluding hydrogens is 541 g/mol. The molecule has 2 amide bonds. The van der Waals surface area contributed by atoms with Crippen LogP contribution in [-0.2, 0) is 9.53 Å². The van der Waals surface area contributed by atoms with Gasteiger partial charge in [-0.3, -0.25) is 19.8 Å². The number of nitrogens with zero attached hydrogens (tertiary/aromatic N) is 3. The molecule has 3 N–H and O–H groups in total. The normalized spacial score (nSPS) is 15.8. The third-order valence-corrected chi connectivity index (χ3v) is 6.69. The van der Waals surface area contributed by atoms with E-state index in [2.05, 4.69) is 10.5 Å². The summed E-state index contributed by atoms with van der Waals surface area (Å²) in [7, 11) is 0. The van der Waals surface area contributed by atoms with Crippen molar-refractivity contribution in [1.82, 2.24) is 20.2 Å². The van der Waals surface area contributed by atoms with Gasteiger partial charge in [0.15, 0.2) is 5.69 Å². The van der Waals surface area contributed by atoms with Gasteiger partial charge in [0.25, 0.3) is 11.8 Å². The van der Waals surface area contributed by atoms with Crippen molar-refractivity contribution >= 4 is 52.6 Å². The Bertz CT molecular complexity index is 1340. The monoisotopic (exact) mass is 563 g/mol. The molecule has 1 unspecified atom stereocenters. The maximum absolute atomic E-state index is 13.4. The molecule has 194 valence electrons. The summed E-state index contributed by atoms with van der Waals surface area (Å²) in [4.78, 5) is 38.4. The summed E-state index contributed by atoms with van der Waals surface area (Å²) in [5.74, 6) is -2.20. The Labute approximate surface area is 228 Å². The number of nitrogens with one attached hydrogen (secondary N) is 1. The van der Waals surface area contributed by atoms with Gasteiger partial charge in [-0.2, -0.15) is 5.10 Å². The van der Waals surface area contributed by atoms with Crippen LogP contribution < -0.4 is 11.2 Å². The topological polar surface area (TPSA) is 120 Å². The second-order valence-electron chi connectivity index (χ2n) is 8.43. The van der Waals surface area contributed by atoms with E-state index < -0.39 is 11.8 Å². The molecule has 0 saturated carbocycles. The zero-order chi connectivity index (χ0) is 26.7. The van der Waals surface area contributed by atoms with Crippen LogP contribution in [0.15, 0.2) is 42.5 Å². The zero-order valence-electron chi connectivity index (χ0n) is 19.8. The molecule has 4 rings (SSSR count). The summed E-state index contributed by atoms with van der Waals surface area (Å²) < 4.78 is 6.51. The fourth-order valence-electron chi connectivity index (χ4n) is 4.24. The minimum absolute atomic E-state index is 0.0928. The van der Waals surface area contributed by atoms with Crippen LogP contribution in [0, 0.1) is 5.92 Å². The first-order chi connectivity index (χ1) is 17.7. The smallest absolute Gasteiger partial charge is 0.310 e. The SMILES string of the molecule is CCOC(=O)C1CCCN(NC(=O)c2nn(-c3ccc(Cl)cc3Cl)c(-c3ccc(Cl)cc3)c2C(N)=O)C1. The number of carbonyl (C=O) groups excluding carboxylic acids is 3. The van der Waals surface area contributed by atoms with Gasteiger partial charge in [-0.25, -0.2) is 9.69 Å². The highest BCUT2D eigenvalue weighted by Gasteiger charge is 2.32. The van der Waals surface area contributed by atoms with Crippen LogP contribution in [0.5, 0.6) is 0 Å². The van der Waals surface area contributed by atoms with Crippen molar-refractivity contribution in [2.45, 2.75) is 19.8 Å². The molecule has 1 fully saturated rings. The number of ether oxygens (including phenoxy) is 1. The third-order valence-electron chi connectivity index (χ3n) is 5.90. The van der Waals surface area contributed by atoms with Crippen molar-refractivity contribution < 1.29 is 19.1 Å².